The molecule has 3 rings (SSSR count). The number of hydrogen-bond acceptors (Lipinski definition) is 6. The molecular weight excluding hydrogens is 458 g/mol. The third-order valence-electron chi connectivity index (χ3n) is 4.94. The summed E-state index contributed by atoms with van der Waals surface area (Å²) in [5.41, 5.74) is 1.49. The van der Waals surface area contributed by atoms with Gasteiger partial charge in [0, 0.05) is 16.9 Å². The van der Waals surface area contributed by atoms with E-state index in [4.69, 9.17) is 21.1 Å². The van der Waals surface area contributed by atoms with Gasteiger partial charge in [-0.3, -0.25) is 9.59 Å². The molecule has 2 amide bonds. The summed E-state index contributed by atoms with van der Waals surface area (Å²) in [5, 5.41) is 9.92. The molecule has 2 aromatic carbocycles. The lowest BCUT2D eigenvalue weighted by Gasteiger charge is -2.15. The predicted molar refractivity (Wildman–Crippen MR) is 131 cm³/mol. The van der Waals surface area contributed by atoms with E-state index in [1.807, 2.05) is 6.92 Å². The van der Waals surface area contributed by atoms with E-state index in [1.54, 1.807) is 43.3 Å². The van der Waals surface area contributed by atoms with Crippen molar-refractivity contribution in [2.24, 2.45) is 0 Å². The van der Waals surface area contributed by atoms with Crippen molar-refractivity contribution in [1.29, 1.82) is 0 Å². The quantitative estimate of drug-likeness (QED) is 0.372. The fraction of sp³-hybridized carbons (Fsp3) is 0.333. The number of carbonyl (C=O) groups is 2. The number of unbranched alkanes of at least 4 members (excludes halogenated alkanes) is 1. The molecule has 0 radical (unpaired) electrons. The standard InChI is InChI=1S/C24H28ClN5O4/c1-4-6-11-34-22-20(25)12-17(13-21(22)33-5-2)24(32)29-19-9-7-18(8-10-19)28-23(31)16(3)30-15-26-14-27-30/h7-10,12-16H,4-6,11H2,1-3H3,(H,28,31)(H,29,32). The van der Waals surface area contributed by atoms with Crippen molar-refractivity contribution >= 4 is 34.8 Å². The first-order valence-electron chi connectivity index (χ1n) is 11.1. The van der Waals surface area contributed by atoms with Crippen molar-refractivity contribution in [2.45, 2.75) is 39.7 Å². The molecule has 0 saturated carbocycles. The first kappa shape index (κ1) is 25.0. The summed E-state index contributed by atoms with van der Waals surface area (Å²) in [7, 11) is 0. The number of rotatable bonds is 11. The van der Waals surface area contributed by atoms with Gasteiger partial charge in [0.2, 0.25) is 5.91 Å². The summed E-state index contributed by atoms with van der Waals surface area (Å²) < 4.78 is 12.9. The Labute approximate surface area is 203 Å². The van der Waals surface area contributed by atoms with Crippen molar-refractivity contribution < 1.29 is 19.1 Å². The summed E-state index contributed by atoms with van der Waals surface area (Å²) >= 11 is 6.39. The number of nitrogens with one attached hydrogen (secondary N) is 2. The van der Waals surface area contributed by atoms with Gasteiger partial charge in [-0.15, -0.1) is 0 Å². The van der Waals surface area contributed by atoms with Crippen LogP contribution < -0.4 is 20.1 Å². The highest BCUT2D eigenvalue weighted by Crippen LogP contribution is 2.37. The van der Waals surface area contributed by atoms with E-state index in [-0.39, 0.29) is 11.8 Å². The zero-order valence-electron chi connectivity index (χ0n) is 19.4. The number of benzene rings is 2. The monoisotopic (exact) mass is 485 g/mol. The fourth-order valence-corrected chi connectivity index (χ4v) is 3.31. The zero-order chi connectivity index (χ0) is 24.5. The molecule has 0 bridgehead atoms. The number of anilines is 2. The van der Waals surface area contributed by atoms with Crippen LogP contribution in [-0.2, 0) is 4.79 Å². The second-order valence-electron chi connectivity index (χ2n) is 7.49. The van der Waals surface area contributed by atoms with Gasteiger partial charge in [0.25, 0.3) is 5.91 Å². The highest BCUT2D eigenvalue weighted by molar-refractivity contribution is 6.32. The lowest BCUT2D eigenvalue weighted by atomic mass is 10.1. The van der Waals surface area contributed by atoms with E-state index in [9.17, 15) is 9.59 Å². The topological polar surface area (TPSA) is 107 Å². The number of halogens is 1. The SMILES string of the molecule is CCCCOc1c(Cl)cc(C(=O)Nc2ccc(NC(=O)C(C)n3cncn3)cc2)cc1OCC. The molecule has 180 valence electrons. The van der Waals surface area contributed by atoms with Crippen LogP contribution in [0.15, 0.2) is 49.1 Å². The lowest BCUT2D eigenvalue weighted by molar-refractivity contribution is -0.119. The fourth-order valence-electron chi connectivity index (χ4n) is 3.05. The van der Waals surface area contributed by atoms with Crippen LogP contribution in [0.1, 0.15) is 50.0 Å². The average Bonchev–Trinajstić information content (AvgIpc) is 3.36. The number of carbonyl (C=O) groups excluding carboxylic acids is 2. The van der Waals surface area contributed by atoms with Gasteiger partial charge < -0.3 is 20.1 Å². The van der Waals surface area contributed by atoms with Gasteiger partial charge in [-0.05, 0) is 56.7 Å². The molecule has 10 heteroatoms. The molecule has 2 N–H and O–H groups in total. The Morgan fingerprint density at radius 3 is 2.41 bits per heavy atom. The molecule has 0 spiro atoms. The number of amides is 2. The van der Waals surface area contributed by atoms with Crippen LogP contribution in [0.25, 0.3) is 0 Å². The van der Waals surface area contributed by atoms with Gasteiger partial charge in [0.05, 0.1) is 18.2 Å². The second-order valence-corrected chi connectivity index (χ2v) is 7.90. The largest absolute Gasteiger partial charge is 0.490 e. The average molecular weight is 486 g/mol. The molecule has 0 fully saturated rings. The second kappa shape index (κ2) is 12.0. The molecule has 1 aromatic heterocycles. The van der Waals surface area contributed by atoms with Gasteiger partial charge in [0.15, 0.2) is 11.5 Å². The minimum atomic E-state index is -0.514. The van der Waals surface area contributed by atoms with Crippen LogP contribution in [0.3, 0.4) is 0 Å². The lowest BCUT2D eigenvalue weighted by Crippen LogP contribution is -2.24. The van der Waals surface area contributed by atoms with Crippen LogP contribution in [0, 0.1) is 0 Å². The minimum Gasteiger partial charge on any atom is -0.490 e. The molecule has 1 unspecified atom stereocenters. The van der Waals surface area contributed by atoms with Crippen LogP contribution in [0.5, 0.6) is 11.5 Å². The molecule has 0 aliphatic heterocycles. The molecule has 0 aliphatic carbocycles. The summed E-state index contributed by atoms with van der Waals surface area (Å²) in [6.45, 7) is 6.57. The van der Waals surface area contributed by atoms with Crippen molar-refractivity contribution in [3.63, 3.8) is 0 Å². The van der Waals surface area contributed by atoms with Gasteiger partial charge >= 0.3 is 0 Å². The molecule has 3 aromatic rings. The first-order chi connectivity index (χ1) is 16.4. The van der Waals surface area contributed by atoms with Crippen molar-refractivity contribution in [1.82, 2.24) is 14.8 Å². The van der Waals surface area contributed by atoms with Crippen molar-refractivity contribution in [2.75, 3.05) is 23.8 Å². The Hall–Kier alpha value is -3.59. The highest BCUT2D eigenvalue weighted by atomic mass is 35.5. The Kier molecular flexibility index (Phi) is 8.86. The van der Waals surface area contributed by atoms with Crippen LogP contribution in [0.4, 0.5) is 11.4 Å². The van der Waals surface area contributed by atoms with Crippen LogP contribution >= 0.6 is 11.6 Å². The normalized spacial score (nSPS) is 11.5. The molecule has 9 nitrogen and oxygen atoms in total. The maximum Gasteiger partial charge on any atom is 0.255 e. The maximum atomic E-state index is 12.8. The summed E-state index contributed by atoms with van der Waals surface area (Å²) in [6, 6.07) is 9.45. The van der Waals surface area contributed by atoms with E-state index >= 15 is 0 Å². The number of nitrogens with zero attached hydrogens (tertiary/aromatic N) is 3. The Balaban J connectivity index is 1.66. The molecule has 1 atom stereocenters. The molecule has 0 saturated heterocycles. The smallest absolute Gasteiger partial charge is 0.255 e. The van der Waals surface area contributed by atoms with Gasteiger partial charge in [0.1, 0.15) is 18.7 Å². The van der Waals surface area contributed by atoms with E-state index in [1.165, 1.54) is 17.3 Å². The minimum absolute atomic E-state index is 0.235. The summed E-state index contributed by atoms with van der Waals surface area (Å²) in [6.07, 6.45) is 4.74. The van der Waals surface area contributed by atoms with Crippen LogP contribution in [0.2, 0.25) is 5.02 Å². The highest BCUT2D eigenvalue weighted by Gasteiger charge is 2.18. The maximum absolute atomic E-state index is 12.8. The third kappa shape index (κ3) is 6.48. The molecular formula is C24H28ClN5O4. The van der Waals surface area contributed by atoms with E-state index in [2.05, 4.69) is 27.6 Å². The zero-order valence-corrected chi connectivity index (χ0v) is 20.1. The number of aromatic nitrogens is 3. The van der Waals surface area contributed by atoms with Gasteiger partial charge in [-0.2, -0.15) is 5.10 Å². The predicted octanol–water partition coefficient (Wildman–Crippen LogP) is 4.96. The first-order valence-corrected chi connectivity index (χ1v) is 11.5. The number of ether oxygens (including phenoxy) is 2. The Bertz CT molecular complexity index is 1100. The third-order valence-corrected chi connectivity index (χ3v) is 5.22. The molecule has 0 aliphatic rings. The van der Waals surface area contributed by atoms with Gasteiger partial charge in [-0.1, -0.05) is 24.9 Å². The Morgan fingerprint density at radius 2 is 1.79 bits per heavy atom. The van der Waals surface area contributed by atoms with E-state index in [0.717, 1.165) is 12.8 Å². The Morgan fingerprint density at radius 1 is 1.09 bits per heavy atom. The van der Waals surface area contributed by atoms with Crippen molar-refractivity contribution in [3.8, 4) is 11.5 Å². The van der Waals surface area contributed by atoms with Crippen molar-refractivity contribution in [3.05, 3.63) is 59.6 Å². The summed E-state index contributed by atoms with van der Waals surface area (Å²) in [4.78, 5) is 29.1. The van der Waals surface area contributed by atoms with E-state index < -0.39 is 6.04 Å². The number of hydrogen-bond donors (Lipinski definition) is 2. The van der Waals surface area contributed by atoms with E-state index in [0.29, 0.717) is 46.7 Å². The van der Waals surface area contributed by atoms with Gasteiger partial charge in [-0.25, -0.2) is 9.67 Å². The molecule has 34 heavy (non-hydrogen) atoms. The molecule has 1 heterocycles. The van der Waals surface area contributed by atoms with Crippen LogP contribution in [-0.4, -0.2) is 39.8 Å². The summed E-state index contributed by atoms with van der Waals surface area (Å²) in [5.74, 6) is 0.283.